The Labute approximate surface area is 103 Å². The molecule has 5 heteroatoms. The summed E-state index contributed by atoms with van der Waals surface area (Å²) in [5, 5.41) is 3.90. The molecule has 4 nitrogen and oxygen atoms in total. The highest BCUT2D eigenvalue weighted by molar-refractivity contribution is 7.99. The van der Waals surface area contributed by atoms with Gasteiger partial charge in [-0.3, -0.25) is 10.4 Å². The normalized spacial score (nSPS) is 21.9. The SMILES string of the molecule is CCCCNC(=NCC1CCCCS1)NN. The van der Waals surface area contributed by atoms with Crippen molar-refractivity contribution in [3.05, 3.63) is 0 Å². The molecule has 1 heterocycles. The Morgan fingerprint density at radius 2 is 2.38 bits per heavy atom. The highest BCUT2D eigenvalue weighted by Crippen LogP contribution is 2.24. The Bertz CT molecular complexity index is 202. The summed E-state index contributed by atoms with van der Waals surface area (Å²) in [7, 11) is 0. The summed E-state index contributed by atoms with van der Waals surface area (Å²) in [6.07, 6.45) is 6.34. The first-order valence-corrected chi connectivity index (χ1v) is 7.28. The van der Waals surface area contributed by atoms with E-state index in [0.717, 1.165) is 25.5 Å². The van der Waals surface area contributed by atoms with Gasteiger partial charge >= 0.3 is 0 Å². The van der Waals surface area contributed by atoms with Crippen molar-refractivity contribution >= 4 is 17.7 Å². The molecule has 1 aliphatic heterocycles. The van der Waals surface area contributed by atoms with Crippen LogP contribution in [-0.2, 0) is 0 Å². The summed E-state index contributed by atoms with van der Waals surface area (Å²) in [6.45, 7) is 3.99. The van der Waals surface area contributed by atoms with Crippen LogP contribution in [0, 0.1) is 0 Å². The Hall–Kier alpha value is -0.420. The molecule has 0 aromatic rings. The van der Waals surface area contributed by atoms with Crippen LogP contribution >= 0.6 is 11.8 Å². The van der Waals surface area contributed by atoms with Crippen LogP contribution in [0.4, 0.5) is 0 Å². The summed E-state index contributed by atoms with van der Waals surface area (Å²) in [5.41, 5.74) is 2.63. The van der Waals surface area contributed by atoms with E-state index in [2.05, 4.69) is 22.7 Å². The van der Waals surface area contributed by atoms with Crippen LogP contribution in [0.5, 0.6) is 0 Å². The average molecular weight is 244 g/mol. The van der Waals surface area contributed by atoms with E-state index in [-0.39, 0.29) is 0 Å². The second kappa shape index (κ2) is 8.70. The van der Waals surface area contributed by atoms with Crippen molar-refractivity contribution in [3.63, 3.8) is 0 Å². The van der Waals surface area contributed by atoms with Crippen molar-refractivity contribution in [2.24, 2.45) is 10.8 Å². The van der Waals surface area contributed by atoms with Crippen molar-refractivity contribution in [1.29, 1.82) is 0 Å². The minimum absolute atomic E-state index is 0.685. The summed E-state index contributed by atoms with van der Waals surface area (Å²) >= 11 is 2.04. The minimum atomic E-state index is 0.685. The molecule has 0 aliphatic carbocycles. The predicted molar refractivity (Wildman–Crippen MR) is 72.6 cm³/mol. The Kier molecular flexibility index (Phi) is 7.42. The lowest BCUT2D eigenvalue weighted by Gasteiger charge is -2.19. The first kappa shape index (κ1) is 13.6. The molecule has 94 valence electrons. The summed E-state index contributed by atoms with van der Waals surface area (Å²) in [4.78, 5) is 4.49. The molecule has 1 atom stereocenters. The van der Waals surface area contributed by atoms with Crippen LogP contribution in [-0.4, -0.2) is 30.1 Å². The van der Waals surface area contributed by atoms with Gasteiger partial charge < -0.3 is 5.32 Å². The zero-order valence-corrected chi connectivity index (χ0v) is 11.0. The van der Waals surface area contributed by atoms with Crippen molar-refractivity contribution < 1.29 is 0 Å². The van der Waals surface area contributed by atoms with Gasteiger partial charge in [-0.2, -0.15) is 11.8 Å². The third-order valence-electron chi connectivity index (χ3n) is 2.69. The average Bonchev–Trinajstić information content (AvgIpc) is 2.35. The monoisotopic (exact) mass is 244 g/mol. The predicted octanol–water partition coefficient (Wildman–Crippen LogP) is 1.48. The fourth-order valence-corrected chi connectivity index (χ4v) is 2.90. The van der Waals surface area contributed by atoms with E-state index in [1.54, 1.807) is 0 Å². The number of guanidine groups is 1. The van der Waals surface area contributed by atoms with Crippen molar-refractivity contribution in [1.82, 2.24) is 10.7 Å². The molecule has 1 rings (SSSR count). The van der Waals surface area contributed by atoms with E-state index in [1.807, 2.05) is 11.8 Å². The first-order chi connectivity index (χ1) is 7.86. The van der Waals surface area contributed by atoms with Gasteiger partial charge in [-0.1, -0.05) is 19.8 Å². The number of hydrogen-bond donors (Lipinski definition) is 3. The van der Waals surface area contributed by atoms with Gasteiger partial charge in [0.1, 0.15) is 0 Å². The van der Waals surface area contributed by atoms with Gasteiger partial charge in [-0.05, 0) is 25.0 Å². The van der Waals surface area contributed by atoms with Crippen molar-refractivity contribution in [3.8, 4) is 0 Å². The summed E-state index contributed by atoms with van der Waals surface area (Å²) in [6, 6.07) is 0. The van der Waals surface area contributed by atoms with Gasteiger partial charge in [0.05, 0.1) is 6.54 Å². The highest BCUT2D eigenvalue weighted by atomic mass is 32.2. The summed E-state index contributed by atoms with van der Waals surface area (Å²) in [5.74, 6) is 7.44. The second-order valence-electron chi connectivity index (χ2n) is 4.10. The van der Waals surface area contributed by atoms with Crippen molar-refractivity contribution in [2.75, 3.05) is 18.8 Å². The van der Waals surface area contributed by atoms with Gasteiger partial charge in [0, 0.05) is 11.8 Å². The van der Waals surface area contributed by atoms with E-state index in [9.17, 15) is 0 Å². The maximum absolute atomic E-state index is 5.42. The number of nitrogens with one attached hydrogen (secondary N) is 2. The van der Waals surface area contributed by atoms with Crippen LogP contribution in [0.2, 0.25) is 0 Å². The van der Waals surface area contributed by atoms with E-state index in [1.165, 1.54) is 31.4 Å². The molecule has 1 unspecified atom stereocenters. The maximum atomic E-state index is 5.42. The second-order valence-corrected chi connectivity index (χ2v) is 5.51. The molecule has 4 N–H and O–H groups in total. The smallest absolute Gasteiger partial charge is 0.205 e. The van der Waals surface area contributed by atoms with Crippen LogP contribution in [0.25, 0.3) is 0 Å². The lowest BCUT2D eigenvalue weighted by atomic mass is 10.2. The van der Waals surface area contributed by atoms with Gasteiger partial charge in [-0.15, -0.1) is 0 Å². The zero-order chi connectivity index (χ0) is 11.6. The number of hydrogen-bond acceptors (Lipinski definition) is 3. The van der Waals surface area contributed by atoms with Crippen LogP contribution < -0.4 is 16.6 Å². The Morgan fingerprint density at radius 3 is 3.00 bits per heavy atom. The molecule has 0 aromatic carbocycles. The number of hydrazine groups is 1. The lowest BCUT2D eigenvalue weighted by Crippen LogP contribution is -2.42. The molecule has 16 heavy (non-hydrogen) atoms. The molecule has 0 aromatic heterocycles. The molecule has 1 saturated heterocycles. The molecule has 0 saturated carbocycles. The lowest BCUT2D eigenvalue weighted by molar-refractivity contribution is 0.663. The van der Waals surface area contributed by atoms with Gasteiger partial charge in [0.25, 0.3) is 0 Å². The van der Waals surface area contributed by atoms with Crippen LogP contribution in [0.3, 0.4) is 0 Å². The third kappa shape index (κ3) is 5.61. The third-order valence-corrected chi connectivity index (χ3v) is 4.07. The standard InChI is InChI=1S/C11H24N4S/c1-2-3-7-13-11(15-12)14-9-10-6-4-5-8-16-10/h10H,2-9,12H2,1H3,(H2,13,14,15). The fraction of sp³-hybridized carbons (Fsp3) is 0.909. The number of nitrogens with two attached hydrogens (primary N) is 1. The Balaban J connectivity index is 2.22. The number of aliphatic imine (C=N–C) groups is 1. The molecule has 1 fully saturated rings. The fourth-order valence-electron chi connectivity index (χ4n) is 1.68. The molecule has 1 aliphatic rings. The first-order valence-electron chi connectivity index (χ1n) is 6.23. The van der Waals surface area contributed by atoms with E-state index in [0.29, 0.717) is 5.25 Å². The Morgan fingerprint density at radius 1 is 1.50 bits per heavy atom. The largest absolute Gasteiger partial charge is 0.355 e. The molecular formula is C11H24N4S. The zero-order valence-electron chi connectivity index (χ0n) is 10.2. The van der Waals surface area contributed by atoms with Gasteiger partial charge in [0.15, 0.2) is 0 Å². The highest BCUT2D eigenvalue weighted by Gasteiger charge is 2.13. The van der Waals surface area contributed by atoms with E-state index in [4.69, 9.17) is 5.84 Å². The molecular weight excluding hydrogens is 220 g/mol. The number of rotatable bonds is 5. The van der Waals surface area contributed by atoms with E-state index < -0.39 is 0 Å². The topological polar surface area (TPSA) is 62.4 Å². The number of thioether (sulfide) groups is 1. The number of nitrogens with zero attached hydrogens (tertiary/aromatic N) is 1. The van der Waals surface area contributed by atoms with Crippen LogP contribution in [0.1, 0.15) is 39.0 Å². The quantitative estimate of drug-likeness (QED) is 0.225. The summed E-state index contributed by atoms with van der Waals surface area (Å²) < 4.78 is 0. The van der Waals surface area contributed by atoms with Gasteiger partial charge in [0.2, 0.25) is 5.96 Å². The maximum Gasteiger partial charge on any atom is 0.205 e. The minimum Gasteiger partial charge on any atom is -0.355 e. The molecule has 0 radical (unpaired) electrons. The van der Waals surface area contributed by atoms with Crippen molar-refractivity contribution in [2.45, 2.75) is 44.3 Å². The molecule has 0 bridgehead atoms. The van der Waals surface area contributed by atoms with E-state index >= 15 is 0 Å². The molecule has 0 amide bonds. The van der Waals surface area contributed by atoms with Crippen LogP contribution in [0.15, 0.2) is 4.99 Å². The number of unbranched alkanes of at least 4 members (excludes halogenated alkanes) is 1. The van der Waals surface area contributed by atoms with Gasteiger partial charge in [-0.25, -0.2) is 5.84 Å². The molecule has 0 spiro atoms.